The fourth-order valence-electron chi connectivity index (χ4n) is 2.87. The molecule has 4 heteroatoms. The molecule has 1 aliphatic carbocycles. The molecule has 0 spiro atoms. The van der Waals surface area contributed by atoms with Crippen LogP contribution < -0.4 is 0 Å². The van der Waals surface area contributed by atoms with Crippen LogP contribution in [0.15, 0.2) is 12.7 Å². The van der Waals surface area contributed by atoms with Crippen LogP contribution in [0.4, 0.5) is 0 Å². The zero-order valence-electron chi connectivity index (χ0n) is 12.2. The molecule has 1 saturated carbocycles. The first-order valence-corrected chi connectivity index (χ1v) is 7.46. The Morgan fingerprint density at radius 2 is 2.05 bits per heavy atom. The van der Waals surface area contributed by atoms with E-state index in [4.69, 9.17) is 5.11 Å². The zero-order chi connectivity index (χ0) is 14.1. The van der Waals surface area contributed by atoms with Crippen LogP contribution in [0, 0.1) is 0 Å². The maximum atomic E-state index is 12.4. The maximum Gasteiger partial charge on any atom is 0.236 e. The molecule has 0 atom stereocenters. The van der Waals surface area contributed by atoms with Gasteiger partial charge >= 0.3 is 0 Å². The van der Waals surface area contributed by atoms with Crippen molar-refractivity contribution in [1.82, 2.24) is 9.80 Å². The highest BCUT2D eigenvalue weighted by molar-refractivity contribution is 5.78. The summed E-state index contributed by atoms with van der Waals surface area (Å²) in [5.74, 6) is 0.185. The second-order valence-electron chi connectivity index (χ2n) is 5.22. The molecular formula is C15H28N2O2. The van der Waals surface area contributed by atoms with Gasteiger partial charge in [0, 0.05) is 25.7 Å². The number of aliphatic hydroxyl groups is 1. The molecule has 0 aliphatic heterocycles. The van der Waals surface area contributed by atoms with E-state index in [0.29, 0.717) is 25.7 Å². The number of hydrogen-bond donors (Lipinski definition) is 1. The molecule has 1 rings (SSSR count). The molecule has 19 heavy (non-hydrogen) atoms. The van der Waals surface area contributed by atoms with E-state index in [-0.39, 0.29) is 12.5 Å². The van der Waals surface area contributed by atoms with Crippen molar-refractivity contribution in [2.45, 2.75) is 45.1 Å². The standard InChI is InChI=1S/C15H28N2O2/c1-3-10-16(11-12-18)13-15(19)17(4-2)14-8-6-5-7-9-14/h3,14,18H,1,4-13H2,2H3. The van der Waals surface area contributed by atoms with Crippen molar-refractivity contribution in [3.8, 4) is 0 Å². The number of aliphatic hydroxyl groups excluding tert-OH is 1. The number of likely N-dealkylation sites (N-methyl/N-ethyl adjacent to an activating group) is 1. The Morgan fingerprint density at radius 3 is 2.58 bits per heavy atom. The van der Waals surface area contributed by atoms with Crippen molar-refractivity contribution in [2.75, 3.05) is 32.8 Å². The Kier molecular flexibility index (Phi) is 7.75. The summed E-state index contributed by atoms with van der Waals surface area (Å²) in [6.45, 7) is 8.17. The lowest BCUT2D eigenvalue weighted by molar-refractivity contribution is -0.135. The maximum absolute atomic E-state index is 12.4. The van der Waals surface area contributed by atoms with Crippen LogP contribution in [0.2, 0.25) is 0 Å². The van der Waals surface area contributed by atoms with Gasteiger partial charge in [-0.2, -0.15) is 0 Å². The molecule has 0 saturated heterocycles. The van der Waals surface area contributed by atoms with Crippen LogP contribution >= 0.6 is 0 Å². The first-order chi connectivity index (χ1) is 9.22. The summed E-state index contributed by atoms with van der Waals surface area (Å²) in [7, 11) is 0. The molecule has 4 nitrogen and oxygen atoms in total. The first kappa shape index (κ1) is 16.2. The molecule has 1 aliphatic rings. The normalized spacial score (nSPS) is 16.6. The summed E-state index contributed by atoms with van der Waals surface area (Å²) in [5.41, 5.74) is 0. The molecule has 0 aromatic rings. The summed E-state index contributed by atoms with van der Waals surface area (Å²) in [6.07, 6.45) is 7.83. The summed E-state index contributed by atoms with van der Waals surface area (Å²) in [5, 5.41) is 9.02. The highest BCUT2D eigenvalue weighted by atomic mass is 16.3. The third kappa shape index (κ3) is 5.33. The van der Waals surface area contributed by atoms with Gasteiger partial charge in [-0.1, -0.05) is 25.3 Å². The lowest BCUT2D eigenvalue weighted by atomic mass is 9.94. The SMILES string of the molecule is C=CCN(CCO)CC(=O)N(CC)C1CCCCC1. The average molecular weight is 268 g/mol. The van der Waals surface area contributed by atoms with Gasteiger partial charge in [-0.15, -0.1) is 6.58 Å². The van der Waals surface area contributed by atoms with Crippen molar-refractivity contribution < 1.29 is 9.90 Å². The number of hydrogen-bond acceptors (Lipinski definition) is 3. The fraction of sp³-hybridized carbons (Fsp3) is 0.800. The van der Waals surface area contributed by atoms with E-state index in [2.05, 4.69) is 13.5 Å². The van der Waals surface area contributed by atoms with E-state index in [1.807, 2.05) is 9.80 Å². The van der Waals surface area contributed by atoms with Crippen molar-refractivity contribution in [3.63, 3.8) is 0 Å². The highest BCUT2D eigenvalue weighted by Crippen LogP contribution is 2.22. The van der Waals surface area contributed by atoms with Gasteiger partial charge in [0.25, 0.3) is 0 Å². The fourth-order valence-corrected chi connectivity index (χ4v) is 2.87. The molecule has 0 aromatic carbocycles. The zero-order valence-corrected chi connectivity index (χ0v) is 12.2. The van der Waals surface area contributed by atoms with Crippen molar-refractivity contribution >= 4 is 5.91 Å². The van der Waals surface area contributed by atoms with Gasteiger partial charge in [-0.25, -0.2) is 0 Å². The molecule has 0 heterocycles. The predicted octanol–water partition coefficient (Wildman–Crippen LogP) is 1.65. The van der Waals surface area contributed by atoms with E-state index in [0.717, 1.165) is 19.4 Å². The number of carbonyl (C=O) groups is 1. The third-order valence-electron chi connectivity index (χ3n) is 3.84. The minimum atomic E-state index is 0.0800. The van der Waals surface area contributed by atoms with Crippen LogP contribution in [-0.4, -0.2) is 59.6 Å². The smallest absolute Gasteiger partial charge is 0.236 e. The molecule has 0 radical (unpaired) electrons. The van der Waals surface area contributed by atoms with Crippen LogP contribution in [0.3, 0.4) is 0 Å². The third-order valence-corrected chi connectivity index (χ3v) is 3.84. The van der Waals surface area contributed by atoms with Gasteiger partial charge in [-0.05, 0) is 19.8 Å². The lowest BCUT2D eigenvalue weighted by Gasteiger charge is -2.35. The Labute approximate surface area is 117 Å². The van der Waals surface area contributed by atoms with Crippen molar-refractivity contribution in [1.29, 1.82) is 0 Å². The van der Waals surface area contributed by atoms with Crippen molar-refractivity contribution in [2.24, 2.45) is 0 Å². The topological polar surface area (TPSA) is 43.8 Å². The Bertz CT molecular complexity index is 275. The van der Waals surface area contributed by atoms with E-state index in [1.54, 1.807) is 6.08 Å². The monoisotopic (exact) mass is 268 g/mol. The summed E-state index contributed by atoms with van der Waals surface area (Å²) >= 11 is 0. The second-order valence-corrected chi connectivity index (χ2v) is 5.22. The van der Waals surface area contributed by atoms with Gasteiger partial charge in [-0.3, -0.25) is 9.69 Å². The molecule has 1 amide bonds. The summed E-state index contributed by atoms with van der Waals surface area (Å²) in [6, 6.07) is 0.422. The summed E-state index contributed by atoms with van der Waals surface area (Å²) in [4.78, 5) is 16.4. The second kappa shape index (κ2) is 9.10. The largest absolute Gasteiger partial charge is 0.395 e. The summed E-state index contributed by atoms with van der Waals surface area (Å²) < 4.78 is 0. The highest BCUT2D eigenvalue weighted by Gasteiger charge is 2.24. The van der Waals surface area contributed by atoms with Gasteiger partial charge in [0.05, 0.1) is 13.2 Å². The quantitative estimate of drug-likeness (QED) is 0.681. The average Bonchev–Trinajstić information content (AvgIpc) is 2.41. The number of carbonyl (C=O) groups excluding carboxylic acids is 1. The number of nitrogens with zero attached hydrogens (tertiary/aromatic N) is 2. The van der Waals surface area contributed by atoms with Crippen LogP contribution in [0.5, 0.6) is 0 Å². The molecule has 1 N–H and O–H groups in total. The molecule has 0 aromatic heterocycles. The molecule has 0 bridgehead atoms. The minimum absolute atomic E-state index is 0.0800. The first-order valence-electron chi connectivity index (χ1n) is 7.46. The molecule has 0 unspecified atom stereocenters. The van der Waals surface area contributed by atoms with E-state index >= 15 is 0 Å². The minimum Gasteiger partial charge on any atom is -0.395 e. The number of rotatable bonds is 8. The van der Waals surface area contributed by atoms with Gasteiger partial charge in [0.15, 0.2) is 0 Å². The van der Waals surface area contributed by atoms with Crippen LogP contribution in [0.25, 0.3) is 0 Å². The van der Waals surface area contributed by atoms with Gasteiger partial charge in [0.1, 0.15) is 0 Å². The van der Waals surface area contributed by atoms with E-state index in [1.165, 1.54) is 19.3 Å². The van der Waals surface area contributed by atoms with Crippen LogP contribution in [-0.2, 0) is 4.79 Å². The molecule has 1 fully saturated rings. The van der Waals surface area contributed by atoms with E-state index in [9.17, 15) is 4.79 Å². The van der Waals surface area contributed by atoms with Gasteiger partial charge < -0.3 is 10.0 Å². The predicted molar refractivity (Wildman–Crippen MR) is 78.0 cm³/mol. The molecular weight excluding hydrogens is 240 g/mol. The van der Waals surface area contributed by atoms with Gasteiger partial charge in [0.2, 0.25) is 5.91 Å². The molecule has 110 valence electrons. The van der Waals surface area contributed by atoms with Crippen molar-refractivity contribution in [3.05, 3.63) is 12.7 Å². The Hall–Kier alpha value is -0.870. The Balaban J connectivity index is 2.53. The lowest BCUT2D eigenvalue weighted by Crippen LogP contribution is -2.46. The Morgan fingerprint density at radius 1 is 1.37 bits per heavy atom. The van der Waals surface area contributed by atoms with E-state index < -0.39 is 0 Å². The number of amides is 1. The van der Waals surface area contributed by atoms with Crippen LogP contribution in [0.1, 0.15) is 39.0 Å².